The maximum Gasteiger partial charge on any atom is 0.306 e. The number of allylic oxidation sites excluding steroid dienone is 2. The van der Waals surface area contributed by atoms with Crippen molar-refractivity contribution < 1.29 is 23.8 Å². The van der Waals surface area contributed by atoms with Crippen LogP contribution in [0.4, 0.5) is 0 Å². The van der Waals surface area contributed by atoms with Crippen LogP contribution in [0.25, 0.3) is 0 Å². The van der Waals surface area contributed by atoms with Crippen LogP contribution in [0.1, 0.15) is 329 Å². The molecule has 0 amide bonds. The summed E-state index contributed by atoms with van der Waals surface area (Å²) in [7, 11) is 0. The van der Waals surface area contributed by atoms with Crippen LogP contribution in [0.5, 0.6) is 0 Å². The predicted molar refractivity (Wildman–Crippen MR) is 279 cm³/mol. The zero-order valence-electron chi connectivity index (χ0n) is 43.8. The molecule has 0 heterocycles. The molecule has 0 spiro atoms. The summed E-state index contributed by atoms with van der Waals surface area (Å²) in [5.41, 5.74) is 0. The normalized spacial score (nSPS) is 12.1. The van der Waals surface area contributed by atoms with E-state index < -0.39 is 6.10 Å². The number of esters is 2. The van der Waals surface area contributed by atoms with Crippen molar-refractivity contribution in [3.8, 4) is 0 Å². The van der Waals surface area contributed by atoms with Crippen molar-refractivity contribution >= 4 is 11.9 Å². The molecule has 0 rings (SSSR count). The molecule has 0 aromatic rings. The topological polar surface area (TPSA) is 61.8 Å². The SMILES string of the molecule is CCCCCCCC/C=C\CCCCCCCCCC(=O)OC[C@@H](COCCCCCCCCCCCCCCCCCC)OC(=O)CCCCCCCCCCCCCCCCC. The minimum atomic E-state index is -0.528. The first-order chi connectivity index (χ1) is 31.6. The average molecular weight is 904 g/mol. The predicted octanol–water partition coefficient (Wildman–Crippen LogP) is 19.8. The molecule has 0 fully saturated rings. The molecule has 5 nitrogen and oxygen atoms in total. The van der Waals surface area contributed by atoms with Crippen LogP contribution in [0.3, 0.4) is 0 Å². The number of rotatable bonds is 55. The van der Waals surface area contributed by atoms with Crippen LogP contribution in [0.15, 0.2) is 12.2 Å². The van der Waals surface area contributed by atoms with Crippen molar-refractivity contribution in [1.29, 1.82) is 0 Å². The lowest BCUT2D eigenvalue weighted by atomic mass is 10.0. The summed E-state index contributed by atoms with van der Waals surface area (Å²) in [5, 5.41) is 0. The van der Waals surface area contributed by atoms with Crippen LogP contribution >= 0.6 is 0 Å². The number of carbonyl (C=O) groups excluding carboxylic acids is 2. The quantitative estimate of drug-likeness (QED) is 0.0346. The Bertz CT molecular complexity index is 932. The lowest BCUT2D eigenvalue weighted by Crippen LogP contribution is -2.30. The molecule has 0 bridgehead atoms. The second kappa shape index (κ2) is 56.0. The Labute approximate surface area is 401 Å². The highest BCUT2D eigenvalue weighted by molar-refractivity contribution is 5.70. The molecule has 0 saturated heterocycles. The van der Waals surface area contributed by atoms with E-state index in [1.54, 1.807) is 0 Å². The zero-order chi connectivity index (χ0) is 46.3. The number of hydrogen-bond donors (Lipinski definition) is 0. The van der Waals surface area contributed by atoms with Crippen LogP contribution in [0.2, 0.25) is 0 Å². The number of carbonyl (C=O) groups is 2. The van der Waals surface area contributed by atoms with Crippen molar-refractivity contribution in [3.63, 3.8) is 0 Å². The van der Waals surface area contributed by atoms with Gasteiger partial charge in [0.2, 0.25) is 0 Å². The zero-order valence-corrected chi connectivity index (χ0v) is 43.8. The van der Waals surface area contributed by atoms with Gasteiger partial charge in [-0.2, -0.15) is 0 Å². The fraction of sp³-hybridized carbons (Fsp3) is 0.932. The number of unbranched alkanes of at least 4 members (excludes halogenated alkanes) is 42. The van der Waals surface area contributed by atoms with Crippen LogP contribution < -0.4 is 0 Å². The van der Waals surface area contributed by atoms with Crippen LogP contribution in [-0.4, -0.2) is 37.9 Å². The molecule has 5 heteroatoms. The standard InChI is InChI=1S/C59H114O5/c1-4-7-10-13-16-19-22-25-28-30-32-34-37-40-43-46-49-52-58(60)63-56-57(55-62-54-51-48-45-42-39-36-33-29-26-23-20-17-14-11-8-5-2)64-59(61)53-50-47-44-41-38-35-31-27-24-21-18-15-12-9-6-3/h25,28,57H,4-24,26-27,29-56H2,1-3H3/b28-25-/t57-/m1/s1. The summed E-state index contributed by atoms with van der Waals surface area (Å²) in [6, 6.07) is 0. The highest BCUT2D eigenvalue weighted by Gasteiger charge is 2.17. The molecule has 0 N–H and O–H groups in total. The van der Waals surface area contributed by atoms with Crippen LogP contribution in [-0.2, 0) is 23.8 Å². The monoisotopic (exact) mass is 903 g/mol. The fourth-order valence-electron chi connectivity index (χ4n) is 8.92. The third-order valence-corrected chi connectivity index (χ3v) is 13.3. The molecule has 1 atom stereocenters. The summed E-state index contributed by atoms with van der Waals surface area (Å²) in [6.07, 6.45) is 65.1. The average Bonchev–Trinajstić information content (AvgIpc) is 3.30. The van der Waals surface area contributed by atoms with E-state index in [4.69, 9.17) is 14.2 Å². The van der Waals surface area contributed by atoms with Gasteiger partial charge in [0, 0.05) is 19.4 Å². The molecule has 0 unspecified atom stereocenters. The largest absolute Gasteiger partial charge is 0.462 e. The summed E-state index contributed by atoms with van der Waals surface area (Å²) in [6.45, 7) is 7.91. The van der Waals surface area contributed by atoms with E-state index in [2.05, 4.69) is 32.9 Å². The van der Waals surface area contributed by atoms with Gasteiger partial charge in [-0.05, 0) is 44.9 Å². The van der Waals surface area contributed by atoms with Crippen molar-refractivity contribution in [2.24, 2.45) is 0 Å². The van der Waals surface area contributed by atoms with Crippen molar-refractivity contribution in [3.05, 3.63) is 12.2 Å². The first kappa shape index (κ1) is 62.6. The van der Waals surface area contributed by atoms with E-state index in [9.17, 15) is 9.59 Å². The smallest absolute Gasteiger partial charge is 0.306 e. The summed E-state index contributed by atoms with van der Waals surface area (Å²) in [4.78, 5) is 25.5. The van der Waals surface area contributed by atoms with Gasteiger partial charge in [0.15, 0.2) is 6.10 Å². The second-order valence-corrected chi connectivity index (χ2v) is 19.9. The van der Waals surface area contributed by atoms with Crippen molar-refractivity contribution in [2.75, 3.05) is 19.8 Å². The molecule has 0 aromatic heterocycles. The Hall–Kier alpha value is -1.36. The van der Waals surface area contributed by atoms with E-state index in [0.29, 0.717) is 26.1 Å². The number of ether oxygens (including phenoxy) is 3. The lowest BCUT2D eigenvalue weighted by molar-refractivity contribution is -0.163. The molecular formula is C59H114O5. The molecule has 0 aliphatic carbocycles. The van der Waals surface area contributed by atoms with Gasteiger partial charge in [-0.1, -0.05) is 283 Å². The third-order valence-electron chi connectivity index (χ3n) is 13.3. The van der Waals surface area contributed by atoms with E-state index in [1.165, 1.54) is 263 Å². The molecular weight excluding hydrogens is 789 g/mol. The van der Waals surface area contributed by atoms with E-state index in [-0.39, 0.29) is 18.5 Å². The second-order valence-electron chi connectivity index (χ2n) is 19.9. The Balaban J connectivity index is 4.21. The summed E-state index contributed by atoms with van der Waals surface area (Å²) >= 11 is 0. The highest BCUT2D eigenvalue weighted by Crippen LogP contribution is 2.17. The summed E-state index contributed by atoms with van der Waals surface area (Å²) < 4.78 is 17.5. The third kappa shape index (κ3) is 53.3. The van der Waals surface area contributed by atoms with E-state index in [1.807, 2.05) is 0 Å². The molecule has 0 saturated carbocycles. The Kier molecular flexibility index (Phi) is 54.8. The fourth-order valence-corrected chi connectivity index (χ4v) is 8.92. The first-order valence-corrected chi connectivity index (χ1v) is 29.2. The van der Waals surface area contributed by atoms with E-state index >= 15 is 0 Å². The molecule has 0 aromatic carbocycles. The minimum absolute atomic E-state index is 0.0930. The number of hydrogen-bond acceptors (Lipinski definition) is 5. The molecule has 0 radical (unpaired) electrons. The minimum Gasteiger partial charge on any atom is -0.462 e. The Morgan fingerprint density at radius 3 is 0.953 bits per heavy atom. The van der Waals surface area contributed by atoms with Gasteiger partial charge in [0.1, 0.15) is 6.61 Å². The van der Waals surface area contributed by atoms with E-state index in [0.717, 1.165) is 32.1 Å². The maximum atomic E-state index is 12.8. The van der Waals surface area contributed by atoms with Gasteiger partial charge in [-0.25, -0.2) is 0 Å². The Morgan fingerprint density at radius 1 is 0.328 bits per heavy atom. The van der Waals surface area contributed by atoms with Crippen LogP contribution in [0, 0.1) is 0 Å². The molecule has 0 aliphatic rings. The van der Waals surface area contributed by atoms with Gasteiger partial charge in [0.05, 0.1) is 6.61 Å². The van der Waals surface area contributed by atoms with Gasteiger partial charge in [0.25, 0.3) is 0 Å². The van der Waals surface area contributed by atoms with Gasteiger partial charge in [-0.3, -0.25) is 9.59 Å². The van der Waals surface area contributed by atoms with Gasteiger partial charge in [-0.15, -0.1) is 0 Å². The maximum absolute atomic E-state index is 12.8. The van der Waals surface area contributed by atoms with Gasteiger partial charge < -0.3 is 14.2 Å². The van der Waals surface area contributed by atoms with Crippen molar-refractivity contribution in [2.45, 2.75) is 335 Å². The van der Waals surface area contributed by atoms with Crippen molar-refractivity contribution in [1.82, 2.24) is 0 Å². The summed E-state index contributed by atoms with van der Waals surface area (Å²) in [5.74, 6) is -0.375. The lowest BCUT2D eigenvalue weighted by Gasteiger charge is -2.18. The molecule has 64 heavy (non-hydrogen) atoms. The first-order valence-electron chi connectivity index (χ1n) is 29.2. The highest BCUT2D eigenvalue weighted by atomic mass is 16.6. The Morgan fingerprint density at radius 2 is 0.609 bits per heavy atom. The molecule has 380 valence electrons. The van der Waals surface area contributed by atoms with Gasteiger partial charge >= 0.3 is 11.9 Å². The molecule has 0 aliphatic heterocycles.